The summed E-state index contributed by atoms with van der Waals surface area (Å²) in [7, 11) is 0. The van der Waals surface area contributed by atoms with Gasteiger partial charge in [0.25, 0.3) is 0 Å². The average molecular weight is 211 g/mol. The summed E-state index contributed by atoms with van der Waals surface area (Å²) in [4.78, 5) is 0. The molecule has 1 atom stereocenters. The van der Waals surface area contributed by atoms with Crippen LogP contribution in [0.15, 0.2) is 18.2 Å². The molecule has 3 heteroatoms. The minimum atomic E-state index is -0.333. The van der Waals surface area contributed by atoms with Crippen molar-refractivity contribution in [1.82, 2.24) is 0 Å². The lowest BCUT2D eigenvalue weighted by Gasteiger charge is -2.12. The van der Waals surface area contributed by atoms with Gasteiger partial charge in [-0.2, -0.15) is 0 Å². The molecule has 15 heavy (non-hydrogen) atoms. The van der Waals surface area contributed by atoms with Crippen molar-refractivity contribution in [2.45, 2.75) is 26.8 Å². The van der Waals surface area contributed by atoms with E-state index in [0.717, 1.165) is 5.56 Å². The van der Waals surface area contributed by atoms with Crippen LogP contribution in [0.4, 0.5) is 4.39 Å². The molecule has 0 aliphatic carbocycles. The molecule has 0 bridgehead atoms. The monoisotopic (exact) mass is 211 g/mol. The maximum atomic E-state index is 13.3. The highest BCUT2D eigenvalue weighted by Gasteiger charge is 2.07. The Hall–Kier alpha value is -1.09. The van der Waals surface area contributed by atoms with E-state index in [9.17, 15) is 4.39 Å². The van der Waals surface area contributed by atoms with Crippen molar-refractivity contribution in [2.75, 3.05) is 6.61 Å². The van der Waals surface area contributed by atoms with E-state index in [1.165, 1.54) is 6.07 Å². The SMILES string of the molecule is CC(C)COc1cc(C(C)N)ccc1F. The molecule has 0 aliphatic heterocycles. The van der Waals surface area contributed by atoms with Crippen molar-refractivity contribution in [3.63, 3.8) is 0 Å². The molecule has 0 saturated heterocycles. The highest BCUT2D eigenvalue weighted by Crippen LogP contribution is 2.22. The molecule has 0 amide bonds. The molecule has 0 aliphatic rings. The molecule has 84 valence electrons. The lowest BCUT2D eigenvalue weighted by Crippen LogP contribution is -2.08. The van der Waals surface area contributed by atoms with Gasteiger partial charge in [0.2, 0.25) is 0 Å². The fourth-order valence-electron chi connectivity index (χ4n) is 1.17. The van der Waals surface area contributed by atoms with Gasteiger partial charge in [-0.3, -0.25) is 0 Å². The minimum Gasteiger partial charge on any atom is -0.490 e. The van der Waals surface area contributed by atoms with Gasteiger partial charge in [-0.1, -0.05) is 19.9 Å². The zero-order valence-corrected chi connectivity index (χ0v) is 9.46. The Bertz CT molecular complexity index is 323. The van der Waals surface area contributed by atoms with Crippen molar-refractivity contribution in [3.05, 3.63) is 29.6 Å². The molecule has 0 fully saturated rings. The van der Waals surface area contributed by atoms with Gasteiger partial charge in [0.1, 0.15) is 0 Å². The maximum absolute atomic E-state index is 13.3. The number of hydrogen-bond donors (Lipinski definition) is 1. The molecule has 1 rings (SSSR count). The Morgan fingerprint density at radius 3 is 2.53 bits per heavy atom. The molecular weight excluding hydrogens is 193 g/mol. The predicted molar refractivity (Wildman–Crippen MR) is 59.3 cm³/mol. The Morgan fingerprint density at radius 1 is 1.33 bits per heavy atom. The number of rotatable bonds is 4. The fourth-order valence-corrected chi connectivity index (χ4v) is 1.17. The number of ether oxygens (including phenoxy) is 1. The first-order valence-electron chi connectivity index (χ1n) is 5.18. The Kier molecular flexibility index (Phi) is 4.09. The van der Waals surface area contributed by atoms with Crippen molar-refractivity contribution in [3.8, 4) is 5.75 Å². The smallest absolute Gasteiger partial charge is 0.165 e. The lowest BCUT2D eigenvalue weighted by atomic mass is 10.1. The number of nitrogens with two attached hydrogens (primary N) is 1. The molecule has 0 aromatic heterocycles. The predicted octanol–water partition coefficient (Wildman–Crippen LogP) is 2.88. The molecule has 0 saturated carbocycles. The Balaban J connectivity index is 2.81. The first-order valence-corrected chi connectivity index (χ1v) is 5.18. The third-order valence-electron chi connectivity index (χ3n) is 2.05. The van der Waals surface area contributed by atoms with Crippen molar-refractivity contribution < 1.29 is 9.13 Å². The summed E-state index contributed by atoms with van der Waals surface area (Å²) < 4.78 is 18.7. The summed E-state index contributed by atoms with van der Waals surface area (Å²) in [5, 5.41) is 0. The largest absolute Gasteiger partial charge is 0.490 e. The third kappa shape index (κ3) is 3.51. The fraction of sp³-hybridized carbons (Fsp3) is 0.500. The molecule has 2 N–H and O–H groups in total. The molecule has 0 spiro atoms. The summed E-state index contributed by atoms with van der Waals surface area (Å²) in [6.07, 6.45) is 0. The molecule has 1 aromatic rings. The molecule has 1 aromatic carbocycles. The van der Waals surface area contributed by atoms with Gasteiger partial charge in [0, 0.05) is 6.04 Å². The van der Waals surface area contributed by atoms with Gasteiger partial charge in [-0.15, -0.1) is 0 Å². The van der Waals surface area contributed by atoms with Crippen molar-refractivity contribution >= 4 is 0 Å². The first-order chi connectivity index (χ1) is 7.00. The summed E-state index contributed by atoms with van der Waals surface area (Å²) in [5.41, 5.74) is 6.60. The minimum absolute atomic E-state index is 0.105. The highest BCUT2D eigenvalue weighted by molar-refractivity contribution is 5.31. The standard InChI is InChI=1S/C12H18FNO/c1-8(2)7-15-12-6-10(9(3)14)4-5-11(12)13/h4-6,8-9H,7,14H2,1-3H3. The van der Waals surface area contributed by atoms with Crippen molar-refractivity contribution in [1.29, 1.82) is 0 Å². The van der Waals surface area contributed by atoms with E-state index in [4.69, 9.17) is 10.5 Å². The van der Waals surface area contributed by atoms with E-state index >= 15 is 0 Å². The van der Waals surface area contributed by atoms with Gasteiger partial charge in [0.05, 0.1) is 6.61 Å². The Labute approximate surface area is 90.2 Å². The second kappa shape index (κ2) is 5.12. The second-order valence-electron chi connectivity index (χ2n) is 4.18. The van der Waals surface area contributed by atoms with Crippen LogP contribution in [-0.2, 0) is 0 Å². The highest BCUT2D eigenvalue weighted by atomic mass is 19.1. The van der Waals surface area contributed by atoms with Gasteiger partial charge >= 0.3 is 0 Å². The van der Waals surface area contributed by atoms with E-state index in [0.29, 0.717) is 18.3 Å². The van der Waals surface area contributed by atoms with Crippen LogP contribution in [-0.4, -0.2) is 6.61 Å². The van der Waals surface area contributed by atoms with E-state index < -0.39 is 0 Å². The van der Waals surface area contributed by atoms with Crippen LogP contribution in [0.1, 0.15) is 32.4 Å². The first kappa shape index (κ1) is 12.0. The molecule has 2 nitrogen and oxygen atoms in total. The summed E-state index contributed by atoms with van der Waals surface area (Å²) >= 11 is 0. The van der Waals surface area contributed by atoms with E-state index in [2.05, 4.69) is 0 Å². The van der Waals surface area contributed by atoms with Gasteiger partial charge in [-0.05, 0) is 30.5 Å². The number of hydrogen-bond acceptors (Lipinski definition) is 2. The lowest BCUT2D eigenvalue weighted by molar-refractivity contribution is 0.259. The molecule has 1 unspecified atom stereocenters. The normalized spacial score (nSPS) is 12.9. The van der Waals surface area contributed by atoms with Crippen molar-refractivity contribution in [2.24, 2.45) is 11.7 Å². The molecule has 0 radical (unpaired) electrons. The van der Waals surface area contributed by atoms with Gasteiger partial charge < -0.3 is 10.5 Å². The van der Waals surface area contributed by atoms with Crippen LogP contribution in [0.25, 0.3) is 0 Å². The van der Waals surface area contributed by atoms with Crippen LogP contribution in [0, 0.1) is 11.7 Å². The summed E-state index contributed by atoms with van der Waals surface area (Å²) in [6.45, 7) is 6.42. The van der Waals surface area contributed by atoms with E-state index in [-0.39, 0.29) is 11.9 Å². The quantitative estimate of drug-likeness (QED) is 0.831. The summed E-state index contributed by atoms with van der Waals surface area (Å²) in [5.74, 6) is 0.335. The number of benzene rings is 1. The number of halogens is 1. The van der Waals surface area contributed by atoms with E-state index in [1.807, 2.05) is 20.8 Å². The van der Waals surface area contributed by atoms with Crippen LogP contribution in [0.3, 0.4) is 0 Å². The maximum Gasteiger partial charge on any atom is 0.165 e. The topological polar surface area (TPSA) is 35.2 Å². The van der Waals surface area contributed by atoms with Crippen LogP contribution in [0.2, 0.25) is 0 Å². The van der Waals surface area contributed by atoms with Crippen LogP contribution in [0.5, 0.6) is 5.75 Å². The van der Waals surface area contributed by atoms with E-state index in [1.54, 1.807) is 12.1 Å². The zero-order chi connectivity index (χ0) is 11.4. The summed E-state index contributed by atoms with van der Waals surface area (Å²) in [6, 6.07) is 4.64. The van der Waals surface area contributed by atoms with Crippen LogP contribution >= 0.6 is 0 Å². The zero-order valence-electron chi connectivity index (χ0n) is 9.46. The molecular formula is C12H18FNO. The van der Waals surface area contributed by atoms with Gasteiger partial charge in [-0.25, -0.2) is 4.39 Å². The average Bonchev–Trinajstić information content (AvgIpc) is 2.16. The van der Waals surface area contributed by atoms with Gasteiger partial charge in [0.15, 0.2) is 11.6 Å². The molecule has 0 heterocycles. The second-order valence-corrected chi connectivity index (χ2v) is 4.18. The van der Waals surface area contributed by atoms with Crippen LogP contribution < -0.4 is 10.5 Å². The third-order valence-corrected chi connectivity index (χ3v) is 2.05. The Morgan fingerprint density at radius 2 is 2.00 bits per heavy atom.